The van der Waals surface area contributed by atoms with Crippen LogP contribution in [0.2, 0.25) is 0 Å². The lowest BCUT2D eigenvalue weighted by atomic mass is 10.2. The van der Waals surface area contributed by atoms with Gasteiger partial charge in [-0.25, -0.2) is 8.78 Å². The molecule has 94 valence electrons. The standard InChI is InChI=1S/C12H11F2N3O/c13-9-4-3-8(6-10(9)14)7-17-5-1-2-11(17)12(15)16-18/h1-6,18H,7H2,(H2,15,16). The van der Waals surface area contributed by atoms with Crippen molar-refractivity contribution in [2.24, 2.45) is 10.9 Å². The molecule has 1 aromatic carbocycles. The summed E-state index contributed by atoms with van der Waals surface area (Å²) in [4.78, 5) is 0. The highest BCUT2D eigenvalue weighted by atomic mass is 19.2. The van der Waals surface area contributed by atoms with E-state index in [-0.39, 0.29) is 5.84 Å². The van der Waals surface area contributed by atoms with E-state index in [1.54, 1.807) is 22.9 Å². The number of benzene rings is 1. The number of halogens is 2. The van der Waals surface area contributed by atoms with Gasteiger partial charge in [0.15, 0.2) is 17.5 Å². The zero-order valence-corrected chi connectivity index (χ0v) is 9.35. The Balaban J connectivity index is 2.29. The number of nitrogens with zero attached hydrogens (tertiary/aromatic N) is 2. The molecule has 0 radical (unpaired) electrons. The second-order valence-electron chi connectivity index (χ2n) is 3.76. The Labute approximate surface area is 102 Å². The van der Waals surface area contributed by atoms with Crippen molar-refractivity contribution in [1.29, 1.82) is 0 Å². The highest BCUT2D eigenvalue weighted by Gasteiger charge is 2.08. The van der Waals surface area contributed by atoms with Gasteiger partial charge in [-0.1, -0.05) is 11.2 Å². The number of rotatable bonds is 3. The number of aromatic nitrogens is 1. The molecule has 2 rings (SSSR count). The Morgan fingerprint density at radius 1 is 1.28 bits per heavy atom. The number of hydrogen-bond acceptors (Lipinski definition) is 2. The molecule has 0 fully saturated rings. The molecule has 0 saturated heterocycles. The van der Waals surface area contributed by atoms with Crippen LogP contribution >= 0.6 is 0 Å². The van der Waals surface area contributed by atoms with Crippen molar-refractivity contribution in [2.45, 2.75) is 6.54 Å². The van der Waals surface area contributed by atoms with Crippen LogP contribution in [-0.4, -0.2) is 15.6 Å². The second kappa shape index (κ2) is 4.87. The average molecular weight is 251 g/mol. The first-order valence-corrected chi connectivity index (χ1v) is 5.19. The Kier molecular flexibility index (Phi) is 3.27. The molecule has 0 amide bonds. The van der Waals surface area contributed by atoms with Crippen molar-refractivity contribution in [3.63, 3.8) is 0 Å². The Morgan fingerprint density at radius 2 is 2.06 bits per heavy atom. The molecule has 2 aromatic rings. The number of hydrogen-bond donors (Lipinski definition) is 2. The molecule has 6 heteroatoms. The van der Waals surface area contributed by atoms with Gasteiger partial charge in [0.25, 0.3) is 0 Å². The summed E-state index contributed by atoms with van der Waals surface area (Å²) >= 11 is 0. The third-order valence-electron chi connectivity index (χ3n) is 2.54. The van der Waals surface area contributed by atoms with Crippen LogP contribution in [0.1, 0.15) is 11.3 Å². The van der Waals surface area contributed by atoms with Crippen LogP contribution in [0.15, 0.2) is 41.7 Å². The van der Waals surface area contributed by atoms with Crippen molar-refractivity contribution in [1.82, 2.24) is 4.57 Å². The third kappa shape index (κ3) is 2.32. The van der Waals surface area contributed by atoms with E-state index in [2.05, 4.69) is 5.16 Å². The van der Waals surface area contributed by atoms with Crippen molar-refractivity contribution in [3.05, 3.63) is 59.4 Å². The Hall–Kier alpha value is -2.37. The number of oxime groups is 1. The minimum absolute atomic E-state index is 0.0393. The van der Waals surface area contributed by atoms with Crippen LogP contribution < -0.4 is 5.73 Å². The predicted octanol–water partition coefficient (Wildman–Crippen LogP) is 1.91. The quantitative estimate of drug-likeness (QED) is 0.379. The molecule has 0 bridgehead atoms. The van der Waals surface area contributed by atoms with Crippen LogP contribution in [0.3, 0.4) is 0 Å². The van der Waals surface area contributed by atoms with E-state index in [1.165, 1.54) is 6.07 Å². The third-order valence-corrected chi connectivity index (χ3v) is 2.54. The first kappa shape index (κ1) is 12.1. The van der Waals surface area contributed by atoms with Crippen LogP contribution in [0.25, 0.3) is 0 Å². The second-order valence-corrected chi connectivity index (χ2v) is 3.76. The van der Waals surface area contributed by atoms with Gasteiger partial charge in [0, 0.05) is 12.7 Å². The molecule has 0 saturated carbocycles. The van der Waals surface area contributed by atoms with Gasteiger partial charge in [-0.05, 0) is 29.8 Å². The molecule has 0 aliphatic heterocycles. The molecular weight excluding hydrogens is 240 g/mol. The zero-order valence-electron chi connectivity index (χ0n) is 9.35. The molecule has 1 aromatic heterocycles. The highest BCUT2D eigenvalue weighted by molar-refractivity contribution is 5.95. The maximum Gasteiger partial charge on any atom is 0.186 e. The fraction of sp³-hybridized carbons (Fsp3) is 0.0833. The van der Waals surface area contributed by atoms with Gasteiger partial charge in [0.05, 0.1) is 5.69 Å². The van der Waals surface area contributed by atoms with E-state index >= 15 is 0 Å². The zero-order chi connectivity index (χ0) is 13.1. The van der Waals surface area contributed by atoms with Gasteiger partial charge in [-0.2, -0.15) is 0 Å². The largest absolute Gasteiger partial charge is 0.409 e. The molecule has 4 nitrogen and oxygen atoms in total. The molecule has 1 heterocycles. The summed E-state index contributed by atoms with van der Waals surface area (Å²) < 4.78 is 27.5. The highest BCUT2D eigenvalue weighted by Crippen LogP contribution is 2.12. The average Bonchev–Trinajstić information content (AvgIpc) is 2.81. The van der Waals surface area contributed by atoms with E-state index in [0.717, 1.165) is 12.1 Å². The maximum atomic E-state index is 13.1. The van der Waals surface area contributed by atoms with Gasteiger partial charge in [-0.15, -0.1) is 0 Å². The lowest BCUT2D eigenvalue weighted by molar-refractivity contribution is 0.318. The number of amidine groups is 1. The minimum Gasteiger partial charge on any atom is -0.409 e. The van der Waals surface area contributed by atoms with Gasteiger partial charge in [0.2, 0.25) is 0 Å². The fourth-order valence-corrected chi connectivity index (χ4v) is 1.67. The summed E-state index contributed by atoms with van der Waals surface area (Å²) in [5.74, 6) is -1.82. The molecule has 3 N–H and O–H groups in total. The molecule has 0 unspecified atom stereocenters. The molecule has 18 heavy (non-hydrogen) atoms. The van der Waals surface area contributed by atoms with E-state index in [4.69, 9.17) is 10.9 Å². The van der Waals surface area contributed by atoms with E-state index < -0.39 is 11.6 Å². The summed E-state index contributed by atoms with van der Waals surface area (Å²) in [5, 5.41) is 11.5. The van der Waals surface area contributed by atoms with E-state index in [9.17, 15) is 8.78 Å². The molecule has 0 aliphatic rings. The molecular formula is C12H11F2N3O. The summed E-state index contributed by atoms with van der Waals surface area (Å²) in [6.07, 6.45) is 1.70. The van der Waals surface area contributed by atoms with Gasteiger partial charge in [0.1, 0.15) is 0 Å². The van der Waals surface area contributed by atoms with E-state index in [0.29, 0.717) is 17.8 Å². The van der Waals surface area contributed by atoms with Gasteiger partial charge < -0.3 is 15.5 Å². The van der Waals surface area contributed by atoms with Gasteiger partial charge in [-0.3, -0.25) is 0 Å². The summed E-state index contributed by atoms with van der Waals surface area (Å²) in [7, 11) is 0. The first-order chi connectivity index (χ1) is 8.61. The smallest absolute Gasteiger partial charge is 0.186 e. The lowest BCUT2D eigenvalue weighted by Gasteiger charge is -2.08. The van der Waals surface area contributed by atoms with Crippen LogP contribution in [-0.2, 0) is 6.54 Å². The molecule has 0 atom stereocenters. The van der Waals surface area contributed by atoms with Crippen molar-refractivity contribution in [3.8, 4) is 0 Å². The Bertz CT molecular complexity index is 593. The van der Waals surface area contributed by atoms with Crippen molar-refractivity contribution in [2.75, 3.05) is 0 Å². The Morgan fingerprint density at radius 3 is 2.72 bits per heavy atom. The molecule has 0 aliphatic carbocycles. The normalized spacial score (nSPS) is 11.8. The summed E-state index contributed by atoms with van der Waals surface area (Å²) in [6, 6.07) is 7.04. The van der Waals surface area contributed by atoms with Crippen molar-refractivity contribution < 1.29 is 14.0 Å². The topological polar surface area (TPSA) is 63.5 Å². The first-order valence-electron chi connectivity index (χ1n) is 5.19. The van der Waals surface area contributed by atoms with Crippen LogP contribution in [0.4, 0.5) is 8.78 Å². The monoisotopic (exact) mass is 251 g/mol. The summed E-state index contributed by atoms with van der Waals surface area (Å²) in [5.41, 5.74) is 6.57. The molecule has 0 spiro atoms. The predicted molar refractivity (Wildman–Crippen MR) is 62.4 cm³/mol. The lowest BCUT2D eigenvalue weighted by Crippen LogP contribution is -2.18. The van der Waals surface area contributed by atoms with Crippen LogP contribution in [0, 0.1) is 11.6 Å². The van der Waals surface area contributed by atoms with Crippen molar-refractivity contribution >= 4 is 5.84 Å². The SMILES string of the molecule is N/C(=N/O)c1cccn1Cc1ccc(F)c(F)c1. The number of nitrogens with two attached hydrogens (primary N) is 1. The van der Waals surface area contributed by atoms with E-state index in [1.807, 2.05) is 0 Å². The van der Waals surface area contributed by atoms with Crippen LogP contribution in [0.5, 0.6) is 0 Å². The maximum absolute atomic E-state index is 13.1. The summed E-state index contributed by atoms with van der Waals surface area (Å²) in [6.45, 7) is 0.301. The van der Waals surface area contributed by atoms with Gasteiger partial charge >= 0.3 is 0 Å². The fourth-order valence-electron chi connectivity index (χ4n) is 1.67. The minimum atomic E-state index is -0.898.